The molecule has 3 nitrogen and oxygen atoms in total. The van der Waals surface area contributed by atoms with Gasteiger partial charge in [-0.05, 0) is 34.5 Å². The SMILES string of the molecule is Cc1cc(Br)c2nc(-c3ccccc3)cc(=O)n2c1. The number of rotatable bonds is 1. The summed E-state index contributed by atoms with van der Waals surface area (Å²) in [5.74, 6) is 0. The highest BCUT2D eigenvalue weighted by atomic mass is 79.9. The lowest BCUT2D eigenvalue weighted by atomic mass is 10.1. The summed E-state index contributed by atoms with van der Waals surface area (Å²) in [5.41, 5.74) is 3.20. The zero-order valence-corrected chi connectivity index (χ0v) is 11.9. The molecule has 0 bridgehead atoms. The lowest BCUT2D eigenvalue weighted by Crippen LogP contribution is -2.15. The standard InChI is InChI=1S/C15H11BrN2O/c1-10-7-12(16)15-17-13(8-14(19)18(15)9-10)11-5-3-2-4-6-11/h2-9H,1H3. The number of aromatic nitrogens is 2. The smallest absolute Gasteiger partial charge is 0.258 e. The molecule has 0 unspecified atom stereocenters. The molecule has 0 aliphatic carbocycles. The third-order valence-electron chi connectivity index (χ3n) is 2.92. The zero-order valence-electron chi connectivity index (χ0n) is 10.3. The van der Waals surface area contributed by atoms with Crippen LogP contribution in [0, 0.1) is 6.92 Å². The third-order valence-corrected chi connectivity index (χ3v) is 3.51. The summed E-state index contributed by atoms with van der Waals surface area (Å²) in [5, 5.41) is 0. The molecule has 3 rings (SSSR count). The van der Waals surface area contributed by atoms with Crippen LogP contribution in [0.3, 0.4) is 0 Å². The van der Waals surface area contributed by atoms with E-state index in [4.69, 9.17) is 0 Å². The Morgan fingerprint density at radius 2 is 1.89 bits per heavy atom. The van der Waals surface area contributed by atoms with Crippen LogP contribution >= 0.6 is 15.9 Å². The number of pyridine rings is 1. The molecular formula is C15H11BrN2O. The van der Waals surface area contributed by atoms with Crippen LogP contribution in [0.5, 0.6) is 0 Å². The Balaban J connectivity index is 2.34. The second kappa shape index (κ2) is 4.63. The van der Waals surface area contributed by atoms with Crippen molar-refractivity contribution in [1.82, 2.24) is 9.38 Å². The Kier molecular flexibility index (Phi) is 2.95. The van der Waals surface area contributed by atoms with Crippen LogP contribution in [0.4, 0.5) is 0 Å². The Morgan fingerprint density at radius 3 is 2.63 bits per heavy atom. The maximum Gasteiger partial charge on any atom is 0.258 e. The average molecular weight is 315 g/mol. The van der Waals surface area contributed by atoms with E-state index in [0.29, 0.717) is 11.3 Å². The van der Waals surface area contributed by atoms with Crippen LogP contribution < -0.4 is 5.56 Å². The normalized spacial score (nSPS) is 10.8. The van der Waals surface area contributed by atoms with Crippen LogP contribution in [0.2, 0.25) is 0 Å². The minimum absolute atomic E-state index is 0.0757. The number of hydrogen-bond acceptors (Lipinski definition) is 2. The predicted octanol–water partition coefficient (Wildman–Crippen LogP) is 3.43. The second-order valence-electron chi connectivity index (χ2n) is 4.40. The minimum atomic E-state index is -0.0757. The molecule has 0 saturated carbocycles. The monoisotopic (exact) mass is 314 g/mol. The summed E-state index contributed by atoms with van der Waals surface area (Å²) in [6.45, 7) is 1.95. The number of halogens is 1. The molecule has 2 heterocycles. The van der Waals surface area contributed by atoms with Gasteiger partial charge in [-0.15, -0.1) is 0 Å². The summed E-state index contributed by atoms with van der Waals surface area (Å²) < 4.78 is 2.38. The fourth-order valence-corrected chi connectivity index (χ4v) is 2.69. The summed E-state index contributed by atoms with van der Waals surface area (Å²) in [4.78, 5) is 16.7. The molecular weight excluding hydrogens is 304 g/mol. The highest BCUT2D eigenvalue weighted by molar-refractivity contribution is 9.10. The molecule has 0 aliphatic rings. The molecule has 0 atom stereocenters. The van der Waals surface area contributed by atoms with Gasteiger partial charge in [-0.3, -0.25) is 9.20 Å². The van der Waals surface area contributed by atoms with Gasteiger partial charge in [-0.1, -0.05) is 30.3 Å². The summed E-state index contributed by atoms with van der Waals surface area (Å²) in [7, 11) is 0. The number of aryl methyl sites for hydroxylation is 1. The Bertz CT molecular complexity index is 809. The fourth-order valence-electron chi connectivity index (χ4n) is 2.05. The molecule has 3 aromatic rings. The van der Waals surface area contributed by atoms with E-state index in [9.17, 15) is 4.79 Å². The van der Waals surface area contributed by atoms with E-state index in [2.05, 4.69) is 20.9 Å². The van der Waals surface area contributed by atoms with Crippen LogP contribution in [0.25, 0.3) is 16.9 Å². The summed E-state index contributed by atoms with van der Waals surface area (Å²) >= 11 is 3.47. The first-order chi connectivity index (χ1) is 9.15. The first kappa shape index (κ1) is 12.1. The van der Waals surface area contributed by atoms with Gasteiger partial charge in [0.05, 0.1) is 10.2 Å². The topological polar surface area (TPSA) is 34.4 Å². The molecule has 0 radical (unpaired) electrons. The van der Waals surface area contributed by atoms with E-state index in [1.807, 2.05) is 43.3 Å². The maximum atomic E-state index is 12.2. The van der Waals surface area contributed by atoms with Gasteiger partial charge in [0.25, 0.3) is 5.56 Å². The van der Waals surface area contributed by atoms with Gasteiger partial charge in [0.15, 0.2) is 5.65 Å². The van der Waals surface area contributed by atoms with E-state index < -0.39 is 0 Å². The van der Waals surface area contributed by atoms with E-state index >= 15 is 0 Å². The Labute approximate surface area is 118 Å². The molecule has 0 spiro atoms. The molecule has 1 aromatic carbocycles. The number of hydrogen-bond donors (Lipinski definition) is 0. The van der Waals surface area contributed by atoms with Crippen molar-refractivity contribution in [2.75, 3.05) is 0 Å². The molecule has 19 heavy (non-hydrogen) atoms. The molecule has 2 aromatic heterocycles. The highest BCUT2D eigenvalue weighted by Crippen LogP contribution is 2.20. The van der Waals surface area contributed by atoms with E-state index in [-0.39, 0.29) is 5.56 Å². The van der Waals surface area contributed by atoms with Crippen molar-refractivity contribution in [2.24, 2.45) is 0 Å². The second-order valence-corrected chi connectivity index (χ2v) is 5.26. The van der Waals surface area contributed by atoms with Gasteiger partial charge in [0.1, 0.15) is 0 Å². The first-order valence-corrected chi connectivity index (χ1v) is 6.69. The van der Waals surface area contributed by atoms with Crippen LogP contribution in [-0.4, -0.2) is 9.38 Å². The van der Waals surface area contributed by atoms with Crippen molar-refractivity contribution in [3.8, 4) is 11.3 Å². The number of benzene rings is 1. The molecule has 0 amide bonds. The maximum absolute atomic E-state index is 12.2. The highest BCUT2D eigenvalue weighted by Gasteiger charge is 2.07. The number of nitrogens with zero attached hydrogens (tertiary/aromatic N) is 2. The summed E-state index contributed by atoms with van der Waals surface area (Å²) in [6.07, 6.45) is 1.80. The molecule has 94 valence electrons. The van der Waals surface area contributed by atoms with E-state index in [1.54, 1.807) is 16.7 Å². The third kappa shape index (κ3) is 2.19. The largest absolute Gasteiger partial charge is 0.269 e. The first-order valence-electron chi connectivity index (χ1n) is 5.90. The Morgan fingerprint density at radius 1 is 1.16 bits per heavy atom. The van der Waals surface area contributed by atoms with Gasteiger partial charge < -0.3 is 0 Å². The number of fused-ring (bicyclic) bond motifs is 1. The van der Waals surface area contributed by atoms with Gasteiger partial charge in [-0.25, -0.2) is 4.98 Å². The molecule has 0 saturated heterocycles. The minimum Gasteiger partial charge on any atom is -0.269 e. The molecule has 0 aliphatic heterocycles. The van der Waals surface area contributed by atoms with E-state index in [0.717, 1.165) is 15.6 Å². The van der Waals surface area contributed by atoms with Gasteiger partial charge in [-0.2, -0.15) is 0 Å². The lowest BCUT2D eigenvalue weighted by molar-refractivity contribution is 1.03. The van der Waals surface area contributed by atoms with Crippen molar-refractivity contribution in [3.63, 3.8) is 0 Å². The predicted molar refractivity (Wildman–Crippen MR) is 79.3 cm³/mol. The van der Waals surface area contributed by atoms with Gasteiger partial charge in [0, 0.05) is 17.8 Å². The summed E-state index contributed by atoms with van der Waals surface area (Å²) in [6, 6.07) is 13.2. The molecule has 0 fully saturated rings. The molecule has 0 N–H and O–H groups in total. The Hall–Kier alpha value is -1.94. The zero-order chi connectivity index (χ0) is 13.4. The lowest BCUT2D eigenvalue weighted by Gasteiger charge is -2.07. The van der Waals surface area contributed by atoms with Crippen molar-refractivity contribution < 1.29 is 0 Å². The van der Waals surface area contributed by atoms with Gasteiger partial charge >= 0.3 is 0 Å². The molecule has 4 heteroatoms. The van der Waals surface area contributed by atoms with Crippen LogP contribution in [0.1, 0.15) is 5.56 Å². The van der Waals surface area contributed by atoms with Crippen molar-refractivity contribution in [1.29, 1.82) is 0 Å². The van der Waals surface area contributed by atoms with Crippen molar-refractivity contribution in [2.45, 2.75) is 6.92 Å². The van der Waals surface area contributed by atoms with Crippen LogP contribution in [0.15, 0.2) is 57.9 Å². The quantitative estimate of drug-likeness (QED) is 0.689. The van der Waals surface area contributed by atoms with E-state index in [1.165, 1.54) is 0 Å². The van der Waals surface area contributed by atoms with Gasteiger partial charge in [0.2, 0.25) is 0 Å². The van der Waals surface area contributed by atoms with Crippen molar-refractivity contribution in [3.05, 3.63) is 69.1 Å². The van der Waals surface area contributed by atoms with Crippen molar-refractivity contribution >= 4 is 21.6 Å². The van der Waals surface area contributed by atoms with Crippen LogP contribution in [-0.2, 0) is 0 Å². The average Bonchev–Trinajstić information content (AvgIpc) is 2.41. The fraction of sp³-hybridized carbons (Fsp3) is 0.0667.